The molecule has 3 rings (SSSR count). The Bertz CT molecular complexity index is 566. The molecule has 1 aliphatic heterocycles. The predicted molar refractivity (Wildman–Crippen MR) is 72.0 cm³/mol. The first-order chi connectivity index (χ1) is 8.75. The van der Waals surface area contributed by atoms with Gasteiger partial charge in [0.2, 0.25) is 0 Å². The van der Waals surface area contributed by atoms with Crippen LogP contribution in [0, 0.1) is 11.3 Å². The molecule has 2 aromatic heterocycles. The van der Waals surface area contributed by atoms with Crippen molar-refractivity contribution < 1.29 is 0 Å². The molecule has 3 N–H and O–H groups in total. The van der Waals surface area contributed by atoms with E-state index in [-0.39, 0.29) is 5.92 Å². The molecule has 94 valence electrons. The predicted octanol–water partition coefficient (Wildman–Crippen LogP) is 1.49. The Morgan fingerprint density at radius 3 is 2.83 bits per heavy atom. The van der Waals surface area contributed by atoms with Crippen molar-refractivity contribution in [3.05, 3.63) is 30.6 Å². The highest BCUT2D eigenvalue weighted by Crippen LogP contribution is 2.23. The second kappa shape index (κ2) is 4.33. The van der Waals surface area contributed by atoms with Gasteiger partial charge in [-0.25, -0.2) is 4.98 Å². The number of nitrogens with two attached hydrogens (primary N) is 1. The molecule has 1 saturated heterocycles. The van der Waals surface area contributed by atoms with E-state index in [9.17, 15) is 0 Å². The molecule has 5 heteroatoms. The van der Waals surface area contributed by atoms with E-state index in [0.717, 1.165) is 31.6 Å². The van der Waals surface area contributed by atoms with Crippen LogP contribution in [0.2, 0.25) is 0 Å². The van der Waals surface area contributed by atoms with Crippen LogP contribution in [0.25, 0.3) is 5.65 Å². The largest absolute Gasteiger partial charge is 0.387 e. The van der Waals surface area contributed by atoms with E-state index in [0.29, 0.717) is 5.84 Å². The zero-order valence-corrected chi connectivity index (χ0v) is 10.2. The summed E-state index contributed by atoms with van der Waals surface area (Å²) < 4.78 is 2.11. The SMILES string of the molecule is N=C(N)C1CCN(c2cccc3nccn23)CC1. The molecule has 0 unspecified atom stereocenters. The van der Waals surface area contributed by atoms with Crippen molar-refractivity contribution in [2.45, 2.75) is 12.8 Å². The summed E-state index contributed by atoms with van der Waals surface area (Å²) in [5.41, 5.74) is 6.55. The normalized spacial score (nSPS) is 17.2. The maximum atomic E-state index is 7.51. The molecule has 0 amide bonds. The molecular weight excluding hydrogens is 226 g/mol. The molecule has 1 aliphatic rings. The van der Waals surface area contributed by atoms with Crippen LogP contribution in [-0.2, 0) is 0 Å². The number of rotatable bonds is 2. The van der Waals surface area contributed by atoms with Crippen LogP contribution in [0.4, 0.5) is 5.82 Å². The average Bonchev–Trinajstić information content (AvgIpc) is 2.87. The molecule has 2 aromatic rings. The van der Waals surface area contributed by atoms with E-state index < -0.39 is 0 Å². The summed E-state index contributed by atoms with van der Waals surface area (Å²) in [5.74, 6) is 1.76. The minimum Gasteiger partial charge on any atom is -0.387 e. The van der Waals surface area contributed by atoms with E-state index in [1.807, 2.05) is 24.5 Å². The Balaban J connectivity index is 1.84. The summed E-state index contributed by atoms with van der Waals surface area (Å²) in [5, 5.41) is 7.51. The fourth-order valence-electron chi connectivity index (χ4n) is 2.61. The third-order valence-electron chi connectivity index (χ3n) is 3.67. The lowest BCUT2D eigenvalue weighted by atomic mass is 9.96. The van der Waals surface area contributed by atoms with Crippen molar-refractivity contribution in [1.82, 2.24) is 9.38 Å². The van der Waals surface area contributed by atoms with Crippen molar-refractivity contribution in [2.24, 2.45) is 11.7 Å². The van der Waals surface area contributed by atoms with Gasteiger partial charge in [0.15, 0.2) is 0 Å². The van der Waals surface area contributed by atoms with Crippen molar-refractivity contribution in [3.8, 4) is 0 Å². The van der Waals surface area contributed by atoms with Crippen LogP contribution < -0.4 is 10.6 Å². The lowest BCUT2D eigenvalue weighted by Gasteiger charge is -2.33. The molecule has 18 heavy (non-hydrogen) atoms. The Hall–Kier alpha value is -2.04. The first-order valence-electron chi connectivity index (χ1n) is 6.26. The molecule has 0 bridgehead atoms. The van der Waals surface area contributed by atoms with Gasteiger partial charge in [0.05, 0.1) is 5.84 Å². The average molecular weight is 243 g/mol. The highest BCUT2D eigenvalue weighted by Gasteiger charge is 2.22. The van der Waals surface area contributed by atoms with Gasteiger partial charge >= 0.3 is 0 Å². The minimum atomic E-state index is 0.253. The zero-order valence-electron chi connectivity index (χ0n) is 10.2. The lowest BCUT2D eigenvalue weighted by Crippen LogP contribution is -2.39. The third kappa shape index (κ3) is 1.81. The van der Waals surface area contributed by atoms with Gasteiger partial charge in [-0.1, -0.05) is 6.07 Å². The van der Waals surface area contributed by atoms with Crippen LogP contribution in [-0.4, -0.2) is 28.3 Å². The number of nitrogens with one attached hydrogen (secondary N) is 1. The Morgan fingerprint density at radius 2 is 2.11 bits per heavy atom. The Labute approximate surface area is 106 Å². The molecule has 0 spiro atoms. The van der Waals surface area contributed by atoms with Crippen molar-refractivity contribution in [3.63, 3.8) is 0 Å². The molecule has 1 fully saturated rings. The van der Waals surface area contributed by atoms with Gasteiger partial charge in [-0.05, 0) is 25.0 Å². The standard InChI is InChI=1S/C13H17N5/c14-13(15)10-4-7-17(8-5-10)12-3-1-2-11-16-6-9-18(11)12/h1-3,6,9-10H,4-5,7-8H2,(H3,14,15). The van der Waals surface area contributed by atoms with Crippen LogP contribution in [0.3, 0.4) is 0 Å². The quantitative estimate of drug-likeness (QED) is 0.620. The summed E-state index contributed by atoms with van der Waals surface area (Å²) in [6.07, 6.45) is 5.73. The van der Waals surface area contributed by atoms with E-state index in [4.69, 9.17) is 11.1 Å². The summed E-state index contributed by atoms with van der Waals surface area (Å²) in [6.45, 7) is 1.89. The van der Waals surface area contributed by atoms with E-state index in [1.165, 1.54) is 5.82 Å². The molecule has 0 atom stereocenters. The van der Waals surface area contributed by atoms with Crippen molar-refractivity contribution in [1.29, 1.82) is 5.41 Å². The molecule has 0 aliphatic carbocycles. The number of anilines is 1. The van der Waals surface area contributed by atoms with Crippen molar-refractivity contribution in [2.75, 3.05) is 18.0 Å². The molecule has 0 saturated carbocycles. The van der Waals surface area contributed by atoms with Gasteiger partial charge in [0.25, 0.3) is 0 Å². The molecule has 0 aromatic carbocycles. The van der Waals surface area contributed by atoms with Crippen LogP contribution in [0.1, 0.15) is 12.8 Å². The number of aromatic nitrogens is 2. The monoisotopic (exact) mass is 243 g/mol. The van der Waals surface area contributed by atoms with E-state index in [2.05, 4.69) is 20.4 Å². The first-order valence-corrected chi connectivity index (χ1v) is 6.26. The zero-order chi connectivity index (χ0) is 12.5. The maximum absolute atomic E-state index is 7.51. The number of piperidine rings is 1. The highest BCUT2D eigenvalue weighted by molar-refractivity contribution is 5.79. The van der Waals surface area contributed by atoms with Gasteiger partial charge < -0.3 is 10.6 Å². The summed E-state index contributed by atoms with van der Waals surface area (Å²) in [7, 11) is 0. The fourth-order valence-corrected chi connectivity index (χ4v) is 2.61. The number of fused-ring (bicyclic) bond motifs is 1. The van der Waals surface area contributed by atoms with E-state index >= 15 is 0 Å². The molecule has 3 heterocycles. The lowest BCUT2D eigenvalue weighted by molar-refractivity contribution is 0.494. The third-order valence-corrected chi connectivity index (χ3v) is 3.67. The topological polar surface area (TPSA) is 70.4 Å². The van der Waals surface area contributed by atoms with Crippen LogP contribution in [0.15, 0.2) is 30.6 Å². The summed E-state index contributed by atoms with van der Waals surface area (Å²) in [4.78, 5) is 6.64. The summed E-state index contributed by atoms with van der Waals surface area (Å²) in [6, 6.07) is 6.16. The number of pyridine rings is 1. The van der Waals surface area contributed by atoms with Gasteiger partial charge in [-0.2, -0.15) is 0 Å². The van der Waals surface area contributed by atoms with Crippen molar-refractivity contribution >= 4 is 17.3 Å². The van der Waals surface area contributed by atoms with Gasteiger partial charge in [-0.15, -0.1) is 0 Å². The highest BCUT2D eigenvalue weighted by atomic mass is 15.2. The number of imidazole rings is 1. The van der Waals surface area contributed by atoms with E-state index in [1.54, 1.807) is 0 Å². The molecule has 5 nitrogen and oxygen atoms in total. The number of hydrogen-bond acceptors (Lipinski definition) is 3. The summed E-state index contributed by atoms with van der Waals surface area (Å²) >= 11 is 0. The smallest absolute Gasteiger partial charge is 0.138 e. The second-order valence-corrected chi connectivity index (χ2v) is 4.76. The Morgan fingerprint density at radius 1 is 1.33 bits per heavy atom. The second-order valence-electron chi connectivity index (χ2n) is 4.76. The minimum absolute atomic E-state index is 0.253. The number of nitrogens with zero attached hydrogens (tertiary/aromatic N) is 3. The van der Waals surface area contributed by atoms with Gasteiger partial charge in [-0.3, -0.25) is 9.81 Å². The maximum Gasteiger partial charge on any atom is 0.138 e. The first kappa shape index (κ1) is 11.1. The number of amidine groups is 1. The fraction of sp³-hybridized carbons (Fsp3) is 0.385. The van der Waals surface area contributed by atoms with Gasteiger partial charge in [0.1, 0.15) is 11.5 Å². The Kier molecular flexibility index (Phi) is 2.66. The molecule has 0 radical (unpaired) electrons. The van der Waals surface area contributed by atoms with Gasteiger partial charge in [0, 0.05) is 31.4 Å². The number of hydrogen-bond donors (Lipinski definition) is 2. The molecular formula is C13H17N5. The van der Waals surface area contributed by atoms with Crippen LogP contribution >= 0.6 is 0 Å². The van der Waals surface area contributed by atoms with Crippen LogP contribution in [0.5, 0.6) is 0 Å².